The highest BCUT2D eigenvalue weighted by molar-refractivity contribution is 6.01. The molecule has 0 unspecified atom stereocenters. The quantitative estimate of drug-likeness (QED) is 0.589. The highest BCUT2D eigenvalue weighted by atomic mass is 16.4. The summed E-state index contributed by atoms with van der Waals surface area (Å²) in [6, 6.07) is 7.92. The van der Waals surface area contributed by atoms with Crippen molar-refractivity contribution in [2.45, 2.75) is 19.9 Å². The topological polar surface area (TPSA) is 109 Å². The van der Waals surface area contributed by atoms with Gasteiger partial charge in [-0.1, -0.05) is 0 Å². The number of hydrogen-bond acceptors (Lipinski definition) is 6. The number of oxazole rings is 1. The second-order valence-electron chi connectivity index (χ2n) is 5.71. The van der Waals surface area contributed by atoms with Gasteiger partial charge in [-0.25, -0.2) is 4.98 Å². The summed E-state index contributed by atoms with van der Waals surface area (Å²) in [5.41, 5.74) is 15.8. The van der Waals surface area contributed by atoms with Crippen molar-refractivity contribution in [1.82, 2.24) is 19.7 Å². The van der Waals surface area contributed by atoms with Crippen molar-refractivity contribution < 1.29 is 4.42 Å². The van der Waals surface area contributed by atoms with Gasteiger partial charge >= 0.3 is 0 Å². The van der Waals surface area contributed by atoms with Gasteiger partial charge in [-0.3, -0.25) is 4.68 Å². The molecule has 0 saturated heterocycles. The first kappa shape index (κ1) is 13.6. The number of anilines is 2. The Hall–Kier alpha value is -3.09. The summed E-state index contributed by atoms with van der Waals surface area (Å²) in [6.07, 6.45) is 1.67. The summed E-state index contributed by atoms with van der Waals surface area (Å²) in [4.78, 5) is 8.40. The zero-order chi connectivity index (χ0) is 16.1. The summed E-state index contributed by atoms with van der Waals surface area (Å²) in [6.45, 7) is 4.15. The van der Waals surface area contributed by atoms with Crippen molar-refractivity contribution in [3.63, 3.8) is 0 Å². The molecule has 0 amide bonds. The molecule has 0 bridgehead atoms. The number of pyridine rings is 1. The molecule has 1 aromatic carbocycles. The second kappa shape index (κ2) is 4.70. The van der Waals surface area contributed by atoms with Gasteiger partial charge in [-0.05, 0) is 38.1 Å². The van der Waals surface area contributed by atoms with Gasteiger partial charge in [-0.2, -0.15) is 10.1 Å². The molecule has 0 radical (unpaired) electrons. The fourth-order valence-corrected chi connectivity index (χ4v) is 2.82. The number of fused-ring (bicyclic) bond motifs is 2. The molecule has 0 saturated carbocycles. The van der Waals surface area contributed by atoms with E-state index >= 15 is 0 Å². The number of nitrogens with two attached hydrogens (primary N) is 2. The van der Waals surface area contributed by atoms with Gasteiger partial charge in [0.25, 0.3) is 6.01 Å². The smallest absolute Gasteiger partial charge is 0.292 e. The first-order valence-corrected chi connectivity index (χ1v) is 7.33. The van der Waals surface area contributed by atoms with Crippen LogP contribution >= 0.6 is 0 Å². The lowest BCUT2D eigenvalue weighted by Gasteiger charge is -2.11. The van der Waals surface area contributed by atoms with Crippen LogP contribution in [0, 0.1) is 0 Å². The second-order valence-corrected chi connectivity index (χ2v) is 5.71. The van der Waals surface area contributed by atoms with Gasteiger partial charge in [-0.15, -0.1) is 0 Å². The summed E-state index contributed by atoms with van der Waals surface area (Å²) in [7, 11) is 0. The molecule has 0 aliphatic heterocycles. The molecule has 23 heavy (non-hydrogen) atoms. The molecular weight excluding hydrogens is 292 g/mol. The molecule has 7 nitrogen and oxygen atoms in total. The molecule has 0 atom stereocenters. The minimum Gasteiger partial charge on any atom is -0.424 e. The number of nitrogen functional groups attached to an aromatic ring is 2. The number of nitrogens with zero attached hydrogens (tertiary/aromatic N) is 4. The lowest BCUT2D eigenvalue weighted by Crippen LogP contribution is -2.04. The summed E-state index contributed by atoms with van der Waals surface area (Å²) in [5, 5.41) is 5.51. The molecule has 4 rings (SSSR count). The third-order valence-electron chi connectivity index (χ3n) is 3.81. The molecule has 0 aliphatic carbocycles. The molecule has 3 heterocycles. The Balaban J connectivity index is 2.07. The van der Waals surface area contributed by atoms with E-state index in [0.29, 0.717) is 16.9 Å². The predicted molar refractivity (Wildman–Crippen MR) is 89.7 cm³/mol. The first-order valence-electron chi connectivity index (χ1n) is 7.33. The van der Waals surface area contributed by atoms with E-state index in [4.69, 9.17) is 15.9 Å². The predicted octanol–water partition coefficient (Wildman–Crippen LogP) is 2.98. The van der Waals surface area contributed by atoms with Crippen molar-refractivity contribution >= 4 is 33.8 Å². The Morgan fingerprint density at radius 1 is 1.13 bits per heavy atom. The monoisotopic (exact) mass is 308 g/mol. The highest BCUT2D eigenvalue weighted by Gasteiger charge is 2.19. The van der Waals surface area contributed by atoms with E-state index in [1.807, 2.05) is 28.9 Å². The molecule has 4 N–H and O–H groups in total. The zero-order valence-electron chi connectivity index (χ0n) is 12.8. The average Bonchev–Trinajstić information content (AvgIpc) is 3.06. The maximum absolute atomic E-state index is 6.11. The molecule has 0 spiro atoms. The van der Waals surface area contributed by atoms with Gasteiger partial charge in [0, 0.05) is 17.8 Å². The lowest BCUT2D eigenvalue weighted by atomic mass is 10.1. The number of benzene rings is 1. The molecule has 7 heteroatoms. The van der Waals surface area contributed by atoms with Crippen molar-refractivity contribution in [2.24, 2.45) is 0 Å². The number of aromatic nitrogens is 4. The van der Waals surface area contributed by atoms with E-state index in [2.05, 4.69) is 28.9 Å². The summed E-state index contributed by atoms with van der Waals surface area (Å²) < 4.78 is 7.29. The van der Waals surface area contributed by atoms with Gasteiger partial charge in [0.15, 0.2) is 5.58 Å². The van der Waals surface area contributed by atoms with E-state index in [9.17, 15) is 0 Å². The van der Waals surface area contributed by atoms with Crippen LogP contribution in [0.5, 0.6) is 0 Å². The largest absolute Gasteiger partial charge is 0.424 e. The van der Waals surface area contributed by atoms with Crippen LogP contribution in [-0.2, 0) is 0 Å². The standard InChI is InChI=1S/C16H16N6O/c1-8(2)22-14(13-10(21-22)5-6-19-15(13)17)9-3-4-12-11(7-9)20-16(18)23-12/h3-8H,1-2H3,(H2,17,19)(H2,18,20). The van der Waals surface area contributed by atoms with E-state index in [-0.39, 0.29) is 12.1 Å². The fraction of sp³-hybridized carbons (Fsp3) is 0.188. The normalized spacial score (nSPS) is 11.8. The van der Waals surface area contributed by atoms with Crippen molar-refractivity contribution in [2.75, 3.05) is 11.5 Å². The van der Waals surface area contributed by atoms with Crippen molar-refractivity contribution in [3.05, 3.63) is 30.5 Å². The molecule has 116 valence electrons. The van der Waals surface area contributed by atoms with Crippen molar-refractivity contribution in [1.29, 1.82) is 0 Å². The van der Waals surface area contributed by atoms with Crippen LogP contribution in [0.3, 0.4) is 0 Å². The van der Waals surface area contributed by atoms with Crippen molar-refractivity contribution in [3.8, 4) is 11.3 Å². The Bertz CT molecular complexity index is 1030. The third kappa shape index (κ3) is 2.01. The van der Waals surface area contributed by atoms with E-state index < -0.39 is 0 Å². The third-order valence-corrected chi connectivity index (χ3v) is 3.81. The highest BCUT2D eigenvalue weighted by Crippen LogP contribution is 2.35. The molecular formula is C16H16N6O. The maximum atomic E-state index is 6.11. The van der Waals surface area contributed by atoms with E-state index in [1.54, 1.807) is 6.20 Å². The minimum absolute atomic E-state index is 0.153. The zero-order valence-corrected chi connectivity index (χ0v) is 12.8. The van der Waals surface area contributed by atoms with Gasteiger partial charge in [0.05, 0.1) is 16.6 Å². The van der Waals surface area contributed by atoms with Gasteiger partial charge in [0.1, 0.15) is 11.3 Å². The van der Waals surface area contributed by atoms with Gasteiger partial charge < -0.3 is 15.9 Å². The van der Waals surface area contributed by atoms with Crippen LogP contribution in [0.1, 0.15) is 19.9 Å². The lowest BCUT2D eigenvalue weighted by molar-refractivity contribution is 0.543. The van der Waals surface area contributed by atoms with Crippen LogP contribution in [-0.4, -0.2) is 19.7 Å². The van der Waals surface area contributed by atoms with E-state index in [1.165, 1.54) is 0 Å². The van der Waals surface area contributed by atoms with Crippen LogP contribution in [0.4, 0.5) is 11.8 Å². The maximum Gasteiger partial charge on any atom is 0.292 e. The van der Waals surface area contributed by atoms with Crippen LogP contribution in [0.2, 0.25) is 0 Å². The first-order chi connectivity index (χ1) is 11.0. The Labute approximate surface area is 131 Å². The Morgan fingerprint density at radius 2 is 1.96 bits per heavy atom. The average molecular weight is 308 g/mol. The van der Waals surface area contributed by atoms with Crippen LogP contribution in [0.25, 0.3) is 33.3 Å². The van der Waals surface area contributed by atoms with Crippen LogP contribution in [0.15, 0.2) is 34.9 Å². The molecule has 3 aromatic heterocycles. The Morgan fingerprint density at radius 3 is 2.74 bits per heavy atom. The molecule has 0 aliphatic rings. The van der Waals surface area contributed by atoms with Crippen LogP contribution < -0.4 is 11.5 Å². The molecule has 4 aromatic rings. The summed E-state index contributed by atoms with van der Waals surface area (Å²) in [5.74, 6) is 0.462. The minimum atomic E-state index is 0.153. The Kier molecular flexibility index (Phi) is 2.77. The molecule has 0 fully saturated rings. The fourth-order valence-electron chi connectivity index (χ4n) is 2.82. The van der Waals surface area contributed by atoms with Gasteiger partial charge in [0.2, 0.25) is 0 Å². The SMILES string of the molecule is CC(C)n1nc2ccnc(N)c2c1-c1ccc2oc(N)nc2c1. The van der Waals surface area contributed by atoms with E-state index in [0.717, 1.165) is 22.2 Å². The number of hydrogen-bond donors (Lipinski definition) is 2. The summed E-state index contributed by atoms with van der Waals surface area (Å²) >= 11 is 0. The number of rotatable bonds is 2.